The highest BCUT2D eigenvalue weighted by atomic mass is 16.7. The Morgan fingerprint density at radius 1 is 0.722 bits per heavy atom. The standard InChI is InChI=1S/C40H70O14/c1-19(2)21(16-51-36-32(47)33(49-6)26(43)18-52-36)9-8-20(3)28-30(45)31(46)35-39(28,5)13-11-27-38(4)12-10-22(14-23(38)24(41)15-40(27,35)48)54-37-34(50-7)29(44)25(42)17-53-37/h19-37,41-48H,8-18H2,1-7H3/t20-,21-,22+,23?,24-,25-,26-,27?,28+,29+,30-,31+,32-,33+,34-,35?,36-,37+,38+,39-,40+/m1/s1. The van der Waals surface area contributed by atoms with Gasteiger partial charge in [-0.05, 0) is 91.3 Å². The summed E-state index contributed by atoms with van der Waals surface area (Å²) in [5.74, 6) is -0.863. The van der Waals surface area contributed by atoms with Crippen LogP contribution in [0.4, 0.5) is 0 Å². The van der Waals surface area contributed by atoms with Crippen LogP contribution in [0.1, 0.15) is 86.0 Å². The number of aliphatic hydroxyl groups is 8. The van der Waals surface area contributed by atoms with E-state index in [1.165, 1.54) is 14.2 Å². The number of rotatable bonds is 12. The predicted molar refractivity (Wildman–Crippen MR) is 193 cm³/mol. The second-order valence-corrected chi connectivity index (χ2v) is 18.8. The minimum atomic E-state index is -1.38. The molecule has 8 N–H and O–H groups in total. The maximum absolute atomic E-state index is 12.9. The van der Waals surface area contributed by atoms with E-state index >= 15 is 0 Å². The molecule has 21 atom stereocenters. The van der Waals surface area contributed by atoms with Crippen LogP contribution in [0, 0.1) is 52.3 Å². The maximum atomic E-state index is 12.9. The lowest BCUT2D eigenvalue weighted by Gasteiger charge is -2.66. The lowest BCUT2D eigenvalue weighted by molar-refractivity contribution is -0.303. The summed E-state index contributed by atoms with van der Waals surface area (Å²) in [6, 6.07) is 0. The van der Waals surface area contributed by atoms with Crippen LogP contribution < -0.4 is 0 Å². The minimum Gasteiger partial charge on any atom is -0.393 e. The minimum absolute atomic E-state index is 0.00750. The quantitative estimate of drug-likeness (QED) is 0.130. The Kier molecular flexibility index (Phi) is 13.2. The Morgan fingerprint density at radius 2 is 1.37 bits per heavy atom. The fourth-order valence-corrected chi connectivity index (χ4v) is 12.6. The van der Waals surface area contributed by atoms with Crippen LogP contribution in [0.5, 0.6) is 0 Å². The SMILES string of the molecule is CO[C@@H]1[C@@H](O)[C@H](OC[C@@H](CC[C@@H](C)[C@H]2[C@@H](O)[C@H](O)C3[C@]4(O)C[C@@H](O)C5C[C@@H](O[C@@H]6OC[C@@H](O)[C@H](O)[C@H]6OC)CC[C@]5(C)C4CC[C@@]32C)C(C)C)OC[C@H]1O. The number of methoxy groups -OCH3 is 2. The van der Waals surface area contributed by atoms with Crippen molar-refractivity contribution >= 4 is 0 Å². The molecule has 6 rings (SSSR count). The second-order valence-electron chi connectivity index (χ2n) is 18.8. The molecule has 54 heavy (non-hydrogen) atoms. The molecular weight excluding hydrogens is 704 g/mol. The fraction of sp³-hybridized carbons (Fsp3) is 1.00. The predicted octanol–water partition coefficient (Wildman–Crippen LogP) is 0.949. The molecule has 4 aliphatic carbocycles. The summed E-state index contributed by atoms with van der Waals surface area (Å²) < 4.78 is 34.4. The molecule has 0 aromatic rings. The van der Waals surface area contributed by atoms with E-state index in [9.17, 15) is 40.9 Å². The van der Waals surface area contributed by atoms with E-state index in [0.29, 0.717) is 32.3 Å². The molecule has 314 valence electrons. The molecule has 4 saturated carbocycles. The molecule has 2 heterocycles. The summed E-state index contributed by atoms with van der Waals surface area (Å²) in [5, 5.41) is 89.7. The molecule has 0 radical (unpaired) electrons. The molecule has 6 aliphatic rings. The Balaban J connectivity index is 1.12. The van der Waals surface area contributed by atoms with Gasteiger partial charge in [-0.15, -0.1) is 0 Å². The van der Waals surface area contributed by atoms with Crippen LogP contribution >= 0.6 is 0 Å². The fourth-order valence-electron chi connectivity index (χ4n) is 12.6. The number of aliphatic hydroxyl groups excluding tert-OH is 7. The topological polar surface area (TPSA) is 217 Å². The largest absolute Gasteiger partial charge is 0.393 e. The van der Waals surface area contributed by atoms with Gasteiger partial charge in [-0.2, -0.15) is 0 Å². The van der Waals surface area contributed by atoms with E-state index in [4.69, 9.17) is 28.4 Å². The van der Waals surface area contributed by atoms with Gasteiger partial charge in [0.2, 0.25) is 0 Å². The Labute approximate surface area is 320 Å². The van der Waals surface area contributed by atoms with Crippen LogP contribution in [-0.4, -0.2) is 154 Å². The van der Waals surface area contributed by atoms with Gasteiger partial charge in [0.05, 0.1) is 49.8 Å². The van der Waals surface area contributed by atoms with E-state index in [1.807, 2.05) is 0 Å². The third kappa shape index (κ3) is 7.46. The highest BCUT2D eigenvalue weighted by Gasteiger charge is 2.72. The van der Waals surface area contributed by atoms with Gasteiger partial charge in [0.1, 0.15) is 36.6 Å². The first-order valence-corrected chi connectivity index (χ1v) is 20.5. The van der Waals surface area contributed by atoms with E-state index in [2.05, 4.69) is 34.6 Å². The van der Waals surface area contributed by atoms with Crippen molar-refractivity contribution in [2.24, 2.45) is 52.3 Å². The van der Waals surface area contributed by atoms with Crippen molar-refractivity contribution in [3.8, 4) is 0 Å². The van der Waals surface area contributed by atoms with Crippen LogP contribution in [0.15, 0.2) is 0 Å². The molecule has 6 fully saturated rings. The van der Waals surface area contributed by atoms with Crippen LogP contribution in [-0.2, 0) is 28.4 Å². The van der Waals surface area contributed by atoms with Gasteiger partial charge in [0.25, 0.3) is 0 Å². The molecule has 14 nitrogen and oxygen atoms in total. The summed E-state index contributed by atoms with van der Waals surface area (Å²) in [6.45, 7) is 10.9. The molecule has 0 spiro atoms. The summed E-state index contributed by atoms with van der Waals surface area (Å²) >= 11 is 0. The molecule has 0 bridgehead atoms. The van der Waals surface area contributed by atoms with Crippen molar-refractivity contribution in [1.82, 2.24) is 0 Å². The molecule has 2 saturated heterocycles. The van der Waals surface area contributed by atoms with Gasteiger partial charge in [-0.3, -0.25) is 0 Å². The molecule has 14 heteroatoms. The van der Waals surface area contributed by atoms with Crippen molar-refractivity contribution in [3.63, 3.8) is 0 Å². The Morgan fingerprint density at radius 3 is 2.04 bits per heavy atom. The van der Waals surface area contributed by atoms with Gasteiger partial charge in [0, 0.05) is 26.6 Å². The first kappa shape index (κ1) is 43.0. The van der Waals surface area contributed by atoms with Gasteiger partial charge in [-0.1, -0.05) is 34.6 Å². The van der Waals surface area contributed by atoms with Crippen molar-refractivity contribution < 1.29 is 69.3 Å². The monoisotopic (exact) mass is 774 g/mol. The Hall–Kier alpha value is -0.560. The maximum Gasteiger partial charge on any atom is 0.186 e. The van der Waals surface area contributed by atoms with Crippen LogP contribution in [0.2, 0.25) is 0 Å². The van der Waals surface area contributed by atoms with E-state index < -0.39 is 89.9 Å². The van der Waals surface area contributed by atoms with E-state index in [1.54, 1.807) is 0 Å². The normalized spacial score (nSPS) is 52.0. The van der Waals surface area contributed by atoms with Gasteiger partial charge in [-0.25, -0.2) is 0 Å². The van der Waals surface area contributed by atoms with Crippen molar-refractivity contribution in [3.05, 3.63) is 0 Å². The molecule has 0 amide bonds. The van der Waals surface area contributed by atoms with Crippen molar-refractivity contribution in [2.45, 2.75) is 165 Å². The summed E-state index contributed by atoms with van der Waals surface area (Å²) in [7, 11) is 2.88. The summed E-state index contributed by atoms with van der Waals surface area (Å²) in [6.07, 6.45) is -6.03. The average molecular weight is 775 g/mol. The molecule has 0 aromatic carbocycles. The number of hydrogen-bond donors (Lipinski definition) is 8. The lowest BCUT2D eigenvalue weighted by atomic mass is 9.41. The first-order chi connectivity index (χ1) is 25.4. The lowest BCUT2D eigenvalue weighted by Crippen LogP contribution is -2.69. The number of fused-ring (bicyclic) bond motifs is 5. The zero-order valence-electron chi connectivity index (χ0n) is 33.3. The summed E-state index contributed by atoms with van der Waals surface area (Å²) in [4.78, 5) is 0. The molecule has 3 unspecified atom stereocenters. The zero-order valence-corrected chi connectivity index (χ0v) is 33.3. The van der Waals surface area contributed by atoms with E-state index in [0.717, 1.165) is 19.3 Å². The van der Waals surface area contributed by atoms with Crippen LogP contribution in [0.3, 0.4) is 0 Å². The van der Waals surface area contributed by atoms with E-state index in [-0.39, 0.29) is 61.2 Å². The van der Waals surface area contributed by atoms with Crippen LogP contribution in [0.25, 0.3) is 0 Å². The second kappa shape index (κ2) is 16.6. The van der Waals surface area contributed by atoms with Gasteiger partial charge in [0.15, 0.2) is 12.6 Å². The van der Waals surface area contributed by atoms with Gasteiger partial charge >= 0.3 is 0 Å². The number of hydrogen-bond acceptors (Lipinski definition) is 14. The highest BCUT2D eigenvalue weighted by molar-refractivity contribution is 5.22. The zero-order chi connectivity index (χ0) is 39.5. The van der Waals surface area contributed by atoms with Crippen molar-refractivity contribution in [1.29, 1.82) is 0 Å². The number of ether oxygens (including phenoxy) is 6. The van der Waals surface area contributed by atoms with Gasteiger partial charge < -0.3 is 69.3 Å². The molecule has 0 aromatic heterocycles. The van der Waals surface area contributed by atoms with Crippen molar-refractivity contribution in [2.75, 3.05) is 34.0 Å². The molecular formula is C40H70O14. The third-order valence-corrected chi connectivity index (χ3v) is 15.6. The third-order valence-electron chi connectivity index (χ3n) is 15.6. The molecule has 2 aliphatic heterocycles. The highest BCUT2D eigenvalue weighted by Crippen LogP contribution is 2.70. The first-order valence-electron chi connectivity index (χ1n) is 20.5. The smallest absolute Gasteiger partial charge is 0.186 e. The summed E-state index contributed by atoms with van der Waals surface area (Å²) in [5.41, 5.74) is -2.38. The Bertz CT molecular complexity index is 1240. The average Bonchev–Trinajstić information content (AvgIpc) is 3.32.